The maximum Gasteiger partial charge on any atom is 0.314 e. The minimum absolute atomic E-state index is 0.106. The lowest BCUT2D eigenvalue weighted by Crippen LogP contribution is -2.69. The Labute approximate surface area is 242 Å². The summed E-state index contributed by atoms with van der Waals surface area (Å²) in [7, 11) is 0. The van der Waals surface area contributed by atoms with E-state index in [0.717, 1.165) is 32.1 Å². The van der Waals surface area contributed by atoms with Crippen LogP contribution in [0.3, 0.4) is 0 Å². The standard InChI is InChI=1S/C35H53NO4/c1-9-10-17-40-30(39)35(8)26-12-14-34(7)28(32(26,5)19-23(20-36)29(35)38)25(37)18-24-27-22(3)21(2)11-13-31(27,4)15-16-33(24,34)6/h18,21-23,26-29,38H,9-17,19H2,1-8H3/t21-,22+,23?,26-,27+,28-,29+,31-,32+,33-,34-,35-/m1/s1. The molecule has 0 radical (unpaired) electrons. The molecule has 5 rings (SSSR count). The van der Waals surface area contributed by atoms with Gasteiger partial charge in [0.05, 0.1) is 30.1 Å². The molecule has 5 aliphatic carbocycles. The van der Waals surface area contributed by atoms with Gasteiger partial charge in [0.15, 0.2) is 5.78 Å². The minimum Gasteiger partial charge on any atom is -0.465 e. The van der Waals surface area contributed by atoms with Crippen LogP contribution in [0.2, 0.25) is 0 Å². The van der Waals surface area contributed by atoms with Gasteiger partial charge in [0.25, 0.3) is 0 Å². The van der Waals surface area contributed by atoms with Crippen molar-refractivity contribution in [3.05, 3.63) is 11.6 Å². The molecule has 0 aromatic heterocycles. The van der Waals surface area contributed by atoms with Crippen LogP contribution in [-0.2, 0) is 14.3 Å². The number of aliphatic hydroxyl groups is 1. The van der Waals surface area contributed by atoms with E-state index in [-0.39, 0.29) is 33.9 Å². The van der Waals surface area contributed by atoms with Crippen LogP contribution < -0.4 is 0 Å². The lowest BCUT2D eigenvalue weighted by Gasteiger charge is -2.70. The third kappa shape index (κ3) is 3.73. The first-order chi connectivity index (χ1) is 18.7. The zero-order chi connectivity index (χ0) is 29.5. The van der Waals surface area contributed by atoms with Crippen LogP contribution in [0.1, 0.15) is 113 Å². The van der Waals surface area contributed by atoms with Gasteiger partial charge in [0.2, 0.25) is 0 Å². The number of unbranched alkanes of at least 4 members (excludes halogenated alkanes) is 1. The number of ketones is 1. The van der Waals surface area contributed by atoms with Crippen molar-refractivity contribution in [2.75, 3.05) is 6.61 Å². The van der Waals surface area contributed by atoms with Crippen LogP contribution in [0.25, 0.3) is 0 Å². The Kier molecular flexibility index (Phi) is 7.22. The fourth-order valence-electron chi connectivity index (χ4n) is 11.4. The van der Waals surface area contributed by atoms with Crippen LogP contribution in [0, 0.1) is 73.9 Å². The Bertz CT molecular complexity index is 1140. The van der Waals surface area contributed by atoms with E-state index >= 15 is 0 Å². The third-order valence-electron chi connectivity index (χ3n) is 14.1. The van der Waals surface area contributed by atoms with Crippen molar-refractivity contribution in [1.82, 2.24) is 0 Å². The Morgan fingerprint density at radius 2 is 1.80 bits per heavy atom. The summed E-state index contributed by atoms with van der Waals surface area (Å²) in [6.07, 6.45) is 9.41. The first kappa shape index (κ1) is 29.8. The summed E-state index contributed by atoms with van der Waals surface area (Å²) in [5, 5.41) is 21.7. The number of hydrogen-bond acceptors (Lipinski definition) is 5. The van der Waals surface area contributed by atoms with Gasteiger partial charge in [-0.15, -0.1) is 0 Å². The fourth-order valence-corrected chi connectivity index (χ4v) is 11.4. The number of carbonyl (C=O) groups is 2. The summed E-state index contributed by atoms with van der Waals surface area (Å²) in [4.78, 5) is 28.3. The number of aliphatic hydroxyl groups excluding tert-OH is 1. The van der Waals surface area contributed by atoms with E-state index < -0.39 is 28.8 Å². The number of fused-ring (bicyclic) bond motifs is 7. The molecule has 4 fully saturated rings. The Balaban J connectivity index is 1.62. The van der Waals surface area contributed by atoms with Gasteiger partial charge in [0, 0.05) is 5.92 Å². The molecule has 40 heavy (non-hydrogen) atoms. The number of nitriles is 1. The van der Waals surface area contributed by atoms with E-state index in [9.17, 15) is 20.0 Å². The van der Waals surface area contributed by atoms with Crippen molar-refractivity contribution >= 4 is 11.8 Å². The van der Waals surface area contributed by atoms with Gasteiger partial charge in [-0.3, -0.25) is 9.59 Å². The molecule has 4 saturated carbocycles. The van der Waals surface area contributed by atoms with Crippen LogP contribution in [-0.4, -0.2) is 29.6 Å². The monoisotopic (exact) mass is 551 g/mol. The molecule has 0 saturated heterocycles. The lowest BCUT2D eigenvalue weighted by atomic mass is 9.32. The van der Waals surface area contributed by atoms with Crippen LogP contribution in [0.4, 0.5) is 0 Å². The second kappa shape index (κ2) is 9.68. The number of hydrogen-bond donors (Lipinski definition) is 1. The van der Waals surface area contributed by atoms with Crippen molar-refractivity contribution in [3.63, 3.8) is 0 Å². The molecule has 0 aliphatic heterocycles. The minimum atomic E-state index is -1.22. The molecule has 222 valence electrons. The molecule has 0 spiro atoms. The fraction of sp³-hybridized carbons (Fsp3) is 0.857. The van der Waals surface area contributed by atoms with Crippen LogP contribution >= 0.6 is 0 Å². The van der Waals surface area contributed by atoms with Crippen molar-refractivity contribution in [2.45, 2.75) is 119 Å². The normalized spacial score (nSPS) is 51.8. The molecular formula is C35H53NO4. The Hall–Kier alpha value is -1.67. The maximum absolute atomic E-state index is 14.6. The van der Waals surface area contributed by atoms with Gasteiger partial charge in [-0.2, -0.15) is 5.26 Å². The number of ether oxygens (including phenoxy) is 1. The van der Waals surface area contributed by atoms with E-state index in [4.69, 9.17) is 4.74 Å². The quantitative estimate of drug-likeness (QED) is 0.293. The number of rotatable bonds is 4. The zero-order valence-electron chi connectivity index (χ0n) is 26.3. The summed E-state index contributed by atoms with van der Waals surface area (Å²) in [6.45, 7) is 18.4. The number of esters is 1. The molecule has 0 aromatic carbocycles. The number of carbonyl (C=O) groups excluding carboxylic acids is 2. The summed E-state index contributed by atoms with van der Waals surface area (Å²) in [5.74, 6) is 0.151. The molecule has 0 heterocycles. The maximum atomic E-state index is 14.6. The van der Waals surface area contributed by atoms with E-state index in [1.807, 2.05) is 6.92 Å². The summed E-state index contributed by atoms with van der Waals surface area (Å²) < 4.78 is 5.76. The second-order valence-electron chi connectivity index (χ2n) is 15.9. The smallest absolute Gasteiger partial charge is 0.314 e. The molecule has 0 aromatic rings. The predicted molar refractivity (Wildman–Crippen MR) is 156 cm³/mol. The highest BCUT2D eigenvalue weighted by Gasteiger charge is 2.73. The summed E-state index contributed by atoms with van der Waals surface area (Å²) >= 11 is 0. The average Bonchev–Trinajstić information content (AvgIpc) is 2.90. The molecule has 5 heteroatoms. The van der Waals surface area contributed by atoms with E-state index in [1.165, 1.54) is 24.8 Å². The van der Waals surface area contributed by atoms with Gasteiger partial charge in [-0.25, -0.2) is 0 Å². The van der Waals surface area contributed by atoms with E-state index in [0.29, 0.717) is 30.8 Å². The number of nitrogens with zero attached hydrogens (tertiary/aromatic N) is 1. The molecule has 12 atom stereocenters. The highest BCUT2D eigenvalue weighted by molar-refractivity contribution is 5.96. The molecule has 0 amide bonds. The van der Waals surface area contributed by atoms with Crippen molar-refractivity contribution in [3.8, 4) is 6.07 Å². The predicted octanol–water partition coefficient (Wildman–Crippen LogP) is 7.28. The molecule has 1 unspecified atom stereocenters. The topological polar surface area (TPSA) is 87.4 Å². The molecule has 5 nitrogen and oxygen atoms in total. The lowest BCUT2D eigenvalue weighted by molar-refractivity contribution is -0.224. The Morgan fingerprint density at radius 1 is 1.10 bits per heavy atom. The SMILES string of the molecule is CCCCOC(=O)[C@]1(C)[C@@H]2CC[C@]3(C)[C@H](C(=O)C=C4[C@@H]5[C@@H](C)[C@H](C)CC[C@]5(C)CC[C@]43C)[C@@]2(C)CC(C#N)[C@@H]1O. The number of allylic oxidation sites excluding steroid dienone is 2. The van der Waals surface area contributed by atoms with E-state index in [1.54, 1.807) is 0 Å². The highest BCUT2D eigenvalue weighted by Crippen LogP contribution is 2.75. The van der Waals surface area contributed by atoms with E-state index in [2.05, 4.69) is 60.6 Å². The second-order valence-corrected chi connectivity index (χ2v) is 15.9. The Morgan fingerprint density at radius 3 is 2.45 bits per heavy atom. The van der Waals surface area contributed by atoms with Gasteiger partial charge in [-0.1, -0.05) is 60.5 Å². The summed E-state index contributed by atoms with van der Waals surface area (Å²) in [6, 6.07) is 2.35. The zero-order valence-corrected chi connectivity index (χ0v) is 26.3. The van der Waals surface area contributed by atoms with Gasteiger partial charge >= 0.3 is 5.97 Å². The molecular weight excluding hydrogens is 498 g/mol. The van der Waals surface area contributed by atoms with Crippen molar-refractivity contribution < 1.29 is 19.4 Å². The van der Waals surface area contributed by atoms with Crippen LogP contribution in [0.15, 0.2) is 11.6 Å². The summed E-state index contributed by atoms with van der Waals surface area (Å²) in [5.41, 5.74) is -0.544. The molecule has 5 aliphatic rings. The molecule has 0 bridgehead atoms. The first-order valence-corrected chi connectivity index (χ1v) is 16.2. The average molecular weight is 552 g/mol. The van der Waals surface area contributed by atoms with Crippen molar-refractivity contribution in [2.24, 2.45) is 62.6 Å². The van der Waals surface area contributed by atoms with Crippen molar-refractivity contribution in [1.29, 1.82) is 5.26 Å². The van der Waals surface area contributed by atoms with Gasteiger partial charge in [-0.05, 0) is 110 Å². The molecule has 1 N–H and O–H groups in total. The van der Waals surface area contributed by atoms with Crippen LogP contribution in [0.5, 0.6) is 0 Å². The van der Waals surface area contributed by atoms with Gasteiger partial charge in [0.1, 0.15) is 0 Å². The first-order valence-electron chi connectivity index (χ1n) is 16.2. The largest absolute Gasteiger partial charge is 0.465 e. The third-order valence-corrected chi connectivity index (χ3v) is 14.1. The van der Waals surface area contributed by atoms with Gasteiger partial charge < -0.3 is 9.84 Å². The highest BCUT2D eigenvalue weighted by atomic mass is 16.5.